The van der Waals surface area contributed by atoms with Crippen molar-refractivity contribution in [1.82, 2.24) is 13.7 Å². The van der Waals surface area contributed by atoms with Crippen LogP contribution in [0.1, 0.15) is 49.9 Å². The number of nitrogens with zero attached hydrogens (tertiary/aromatic N) is 3. The lowest BCUT2D eigenvalue weighted by Crippen LogP contribution is -2.15. The molecule has 29 aromatic rings. The molecule has 0 radical (unpaired) electrons. The summed E-state index contributed by atoms with van der Waals surface area (Å²) in [5.74, 6) is 0. The molecular formula is C138H91N3. The fourth-order valence-corrected chi connectivity index (χ4v) is 25.2. The van der Waals surface area contributed by atoms with Crippen molar-refractivity contribution in [2.75, 3.05) is 0 Å². The van der Waals surface area contributed by atoms with E-state index < -0.39 is 0 Å². The van der Waals surface area contributed by atoms with E-state index in [9.17, 15) is 0 Å². The van der Waals surface area contributed by atoms with Crippen LogP contribution in [-0.2, 0) is 10.8 Å². The molecule has 0 atom stereocenters. The number of fused-ring (bicyclic) bond motifs is 39. The van der Waals surface area contributed by atoms with E-state index in [1.807, 2.05) is 0 Å². The van der Waals surface area contributed by atoms with Crippen molar-refractivity contribution in [3.05, 3.63) is 501 Å². The maximum Gasteiger partial charge on any atom is 0.0626 e. The molecule has 0 unspecified atom stereocenters. The van der Waals surface area contributed by atoms with Crippen LogP contribution in [0.4, 0.5) is 0 Å². The van der Waals surface area contributed by atoms with Crippen molar-refractivity contribution in [1.29, 1.82) is 0 Å². The third-order valence-electron chi connectivity index (χ3n) is 31.8. The van der Waals surface area contributed by atoms with Crippen LogP contribution < -0.4 is 0 Å². The Bertz CT molecular complexity index is 10500. The monoisotopic (exact) mass is 1790 g/mol. The summed E-state index contributed by atoms with van der Waals surface area (Å²) in [5.41, 5.74) is 29.3. The quantitative estimate of drug-likeness (QED) is 0.147. The number of hydrogen-bond acceptors (Lipinski definition) is 0. The lowest BCUT2D eigenvalue weighted by molar-refractivity contribution is 0.660. The van der Waals surface area contributed by atoms with E-state index in [0.717, 1.165) is 0 Å². The fourth-order valence-electron chi connectivity index (χ4n) is 25.2. The van der Waals surface area contributed by atoms with Gasteiger partial charge in [-0.2, -0.15) is 0 Å². The van der Waals surface area contributed by atoms with Crippen LogP contribution in [0.3, 0.4) is 0 Å². The number of rotatable bonds is 6. The zero-order chi connectivity index (χ0) is 93.2. The predicted molar refractivity (Wildman–Crippen MR) is 604 cm³/mol. The lowest BCUT2D eigenvalue weighted by atomic mass is 9.81. The van der Waals surface area contributed by atoms with Crippen molar-refractivity contribution in [2.45, 2.75) is 38.5 Å². The highest BCUT2D eigenvalue weighted by atomic mass is 15.0. The number of benzene rings is 26. The Balaban J connectivity index is 0.000000101. The molecule has 26 aromatic carbocycles. The van der Waals surface area contributed by atoms with Crippen molar-refractivity contribution >= 4 is 195 Å². The third-order valence-corrected chi connectivity index (χ3v) is 31.8. The topological polar surface area (TPSA) is 14.8 Å². The summed E-state index contributed by atoms with van der Waals surface area (Å²) in [4.78, 5) is 0. The average Bonchev–Trinajstić information content (AvgIpc) is 1.54. The summed E-state index contributed by atoms with van der Waals surface area (Å²) in [5, 5.41) is 38.8. The minimum absolute atomic E-state index is 0.130. The number of aromatic nitrogens is 3. The van der Waals surface area contributed by atoms with Gasteiger partial charge in [-0.1, -0.05) is 428 Å². The predicted octanol–water partition coefficient (Wildman–Crippen LogP) is 37.8. The first kappa shape index (κ1) is 80.5. The molecule has 0 spiro atoms. The Labute approximate surface area is 815 Å². The van der Waals surface area contributed by atoms with Gasteiger partial charge in [0.05, 0.1) is 33.1 Å². The second kappa shape index (κ2) is 30.9. The van der Waals surface area contributed by atoms with Gasteiger partial charge in [-0.25, -0.2) is 0 Å². The van der Waals surface area contributed by atoms with Gasteiger partial charge in [0, 0.05) is 92.5 Å². The van der Waals surface area contributed by atoms with Gasteiger partial charge in [-0.3, -0.25) is 0 Å². The second-order valence-electron chi connectivity index (χ2n) is 39.9. The van der Waals surface area contributed by atoms with Gasteiger partial charge < -0.3 is 13.7 Å². The van der Waals surface area contributed by atoms with Crippen LogP contribution in [0.5, 0.6) is 0 Å². The molecule has 141 heavy (non-hydrogen) atoms. The van der Waals surface area contributed by atoms with Crippen LogP contribution in [0.15, 0.2) is 479 Å². The van der Waals surface area contributed by atoms with E-state index in [1.54, 1.807) is 0 Å². The van der Waals surface area contributed by atoms with Gasteiger partial charge in [0.1, 0.15) is 0 Å². The molecule has 0 amide bonds. The standard InChI is InChI=1S/C49H33N.C45H31N.C44H27N/c1-49(2)43-28-32(35-20-11-14-30-12-3-5-15-34(30)35)23-25-38(43)39-27-24-33(29-44(39)49)50-45-21-10-9-19-42(45)47-46-36-16-6-4-13-31(36)22-26-40(46)37-17-7-8-18-41(37)48(47)50;1-45(2)39-26-30(28-12-4-3-5-13-28)21-23-34(39)35-25-22-31(27-40(35)45)46-41-19-11-10-18-38(41)43-42-32-15-7-6-14-29(32)20-24-36(42)33-16-8-9-17-37(33)44(43)46;1-2-11-31-25-32(19-17-28(31)9-1)33-20-18-29-21-23-35(27-34(29)26-33)45-41-16-8-7-15-40(41)43-42-36-12-4-3-10-30(36)22-24-38(42)37-13-5-6-14-39(37)44(43)45/h3-29H,1-2H3;3-27H,1-2H3;1-27H. The molecule has 0 fully saturated rings. The van der Waals surface area contributed by atoms with Crippen molar-refractivity contribution in [3.63, 3.8) is 0 Å². The number of hydrogen-bond donors (Lipinski definition) is 0. The maximum absolute atomic E-state index is 2.54. The van der Waals surface area contributed by atoms with Crippen molar-refractivity contribution in [3.8, 4) is 72.7 Å². The highest BCUT2D eigenvalue weighted by Crippen LogP contribution is 2.56. The average molecular weight is 1790 g/mol. The Kier molecular flexibility index (Phi) is 17.6. The molecule has 3 aromatic heterocycles. The second-order valence-corrected chi connectivity index (χ2v) is 39.9. The van der Waals surface area contributed by atoms with Gasteiger partial charge in [0.15, 0.2) is 0 Å². The first-order valence-corrected chi connectivity index (χ1v) is 49.4. The molecule has 2 aliphatic rings. The molecule has 31 rings (SSSR count). The highest BCUT2D eigenvalue weighted by Gasteiger charge is 2.39. The van der Waals surface area contributed by atoms with Crippen LogP contribution in [-0.4, -0.2) is 13.7 Å². The largest absolute Gasteiger partial charge is 0.309 e. The van der Waals surface area contributed by atoms with Crippen LogP contribution in [0.25, 0.3) is 267 Å². The van der Waals surface area contributed by atoms with Crippen LogP contribution in [0.2, 0.25) is 0 Å². The Morgan fingerprint density at radius 3 is 0.872 bits per heavy atom. The zero-order valence-electron chi connectivity index (χ0n) is 78.5. The summed E-state index contributed by atoms with van der Waals surface area (Å²) >= 11 is 0. The summed E-state index contributed by atoms with van der Waals surface area (Å²) < 4.78 is 7.56. The van der Waals surface area contributed by atoms with E-state index in [1.165, 1.54) is 290 Å². The van der Waals surface area contributed by atoms with Crippen molar-refractivity contribution < 1.29 is 0 Å². The Morgan fingerprint density at radius 2 is 0.426 bits per heavy atom. The molecule has 0 saturated carbocycles. The van der Waals surface area contributed by atoms with E-state index in [4.69, 9.17) is 0 Å². The van der Waals surface area contributed by atoms with E-state index in [0.29, 0.717) is 0 Å². The van der Waals surface area contributed by atoms with E-state index >= 15 is 0 Å². The normalized spacial score (nSPS) is 13.1. The first-order valence-electron chi connectivity index (χ1n) is 49.4. The Hall–Kier alpha value is -17.8. The van der Waals surface area contributed by atoms with Gasteiger partial charge in [0.25, 0.3) is 0 Å². The summed E-state index contributed by atoms with van der Waals surface area (Å²) in [6.45, 7) is 9.57. The minimum atomic E-state index is -0.162. The SMILES string of the molecule is CC1(C)c2cc(-c3cccc4ccccc34)ccc2-c2ccc(-n3c4ccccc4c4c5c6ccccc6ccc5c5ccccc5c43)cc21.CC1(C)c2cc(-c3ccccc3)ccc2-c2ccc(-n3c4ccccc4c4c5c6ccccc6ccc5c5ccccc5c43)cc21.c1ccc2cc(-c3ccc4ccc(-n5c6ccccc6c6c7c8ccccc8ccc7c7ccccc7c65)cc4c3)ccc2c1. The molecule has 3 heteroatoms. The van der Waals surface area contributed by atoms with Gasteiger partial charge in [-0.15, -0.1) is 0 Å². The van der Waals surface area contributed by atoms with Crippen LogP contribution >= 0.6 is 0 Å². The fraction of sp³-hybridized carbons (Fsp3) is 0.0435. The smallest absolute Gasteiger partial charge is 0.0626 e. The van der Waals surface area contributed by atoms with Crippen LogP contribution in [0, 0.1) is 0 Å². The van der Waals surface area contributed by atoms with Gasteiger partial charge in [0.2, 0.25) is 0 Å². The van der Waals surface area contributed by atoms with Crippen molar-refractivity contribution in [2.24, 2.45) is 0 Å². The highest BCUT2D eigenvalue weighted by molar-refractivity contribution is 6.40. The lowest BCUT2D eigenvalue weighted by Gasteiger charge is -2.23. The van der Waals surface area contributed by atoms with E-state index in [-0.39, 0.29) is 10.8 Å². The van der Waals surface area contributed by atoms with Gasteiger partial charge in [-0.05, 0) is 254 Å². The molecule has 0 aliphatic heterocycles. The van der Waals surface area contributed by atoms with E-state index in [2.05, 4.69) is 521 Å². The molecule has 2 aliphatic carbocycles. The molecular weight excluding hydrogens is 1700 g/mol. The molecule has 3 nitrogen and oxygen atoms in total. The molecule has 0 saturated heterocycles. The first-order chi connectivity index (χ1) is 69.5. The summed E-state index contributed by atoms with van der Waals surface area (Å²) in [6, 6.07) is 178. The number of para-hydroxylation sites is 3. The molecule has 0 N–H and O–H groups in total. The maximum atomic E-state index is 2.54. The third kappa shape index (κ3) is 12.0. The zero-order valence-corrected chi connectivity index (χ0v) is 78.5. The van der Waals surface area contributed by atoms with Gasteiger partial charge >= 0.3 is 0 Å². The minimum Gasteiger partial charge on any atom is -0.309 e. The molecule has 658 valence electrons. The summed E-state index contributed by atoms with van der Waals surface area (Å²) in [6.07, 6.45) is 0. The molecule has 3 heterocycles. The summed E-state index contributed by atoms with van der Waals surface area (Å²) in [7, 11) is 0. The Morgan fingerprint density at radius 1 is 0.142 bits per heavy atom. The molecule has 0 bridgehead atoms.